The summed E-state index contributed by atoms with van der Waals surface area (Å²) in [5, 5.41) is 0. The number of hydrogen-bond donors (Lipinski definition) is 1. The minimum atomic E-state index is -4.54. The van der Waals surface area contributed by atoms with Crippen LogP contribution in [0.15, 0.2) is 18.2 Å². The fraction of sp³-hybridized carbons (Fsp3) is 0.500. The predicted molar refractivity (Wildman–Crippen MR) is 68.0 cm³/mol. The number of hydrogen-bond acceptors (Lipinski definition) is 2. The molecule has 1 amide bonds. The van der Waals surface area contributed by atoms with Gasteiger partial charge in [-0.3, -0.25) is 4.79 Å². The first-order valence-electron chi connectivity index (χ1n) is 6.64. The van der Waals surface area contributed by atoms with Crippen LogP contribution in [-0.2, 0) is 6.18 Å². The molecule has 2 atom stereocenters. The number of nitrogens with zero attached hydrogens (tertiary/aromatic N) is 1. The molecular weight excluding hydrogens is 269 g/mol. The fourth-order valence-electron chi connectivity index (χ4n) is 3.27. The van der Waals surface area contributed by atoms with Crippen LogP contribution in [0.25, 0.3) is 0 Å². The van der Waals surface area contributed by atoms with Crippen LogP contribution in [0, 0.1) is 5.92 Å². The number of halogens is 3. The smallest absolute Gasteiger partial charge is 0.398 e. The Hall–Kier alpha value is -1.72. The van der Waals surface area contributed by atoms with Crippen molar-refractivity contribution in [1.82, 2.24) is 4.90 Å². The van der Waals surface area contributed by atoms with E-state index in [1.807, 2.05) is 0 Å². The molecule has 3 nitrogen and oxygen atoms in total. The molecule has 3 rings (SSSR count). The monoisotopic (exact) mass is 284 g/mol. The molecule has 1 aromatic carbocycles. The third-order valence-electron chi connectivity index (χ3n) is 4.28. The highest BCUT2D eigenvalue weighted by Crippen LogP contribution is 2.39. The maximum absolute atomic E-state index is 12.8. The second-order valence-electron chi connectivity index (χ2n) is 5.59. The largest absolute Gasteiger partial charge is 0.418 e. The Kier molecular flexibility index (Phi) is 2.92. The lowest BCUT2D eigenvalue weighted by molar-refractivity contribution is -0.136. The maximum atomic E-state index is 12.8. The minimum absolute atomic E-state index is 0.0686. The zero-order valence-electron chi connectivity index (χ0n) is 10.8. The minimum Gasteiger partial charge on any atom is -0.398 e. The Morgan fingerprint density at radius 1 is 1.30 bits per heavy atom. The summed E-state index contributed by atoms with van der Waals surface area (Å²) in [5.41, 5.74) is 4.13. The Labute approximate surface area is 114 Å². The fourth-order valence-corrected chi connectivity index (χ4v) is 3.27. The molecule has 1 saturated heterocycles. The molecule has 20 heavy (non-hydrogen) atoms. The van der Waals surface area contributed by atoms with Crippen molar-refractivity contribution in [2.75, 3.05) is 12.3 Å². The van der Waals surface area contributed by atoms with Crippen molar-refractivity contribution in [3.05, 3.63) is 29.3 Å². The molecule has 1 saturated carbocycles. The van der Waals surface area contributed by atoms with E-state index < -0.39 is 11.7 Å². The van der Waals surface area contributed by atoms with Crippen molar-refractivity contribution in [1.29, 1.82) is 0 Å². The lowest BCUT2D eigenvalue weighted by atomic mass is 10.1. The summed E-state index contributed by atoms with van der Waals surface area (Å²) in [7, 11) is 0. The highest BCUT2D eigenvalue weighted by molar-refractivity contribution is 5.95. The van der Waals surface area contributed by atoms with Gasteiger partial charge in [0.2, 0.25) is 0 Å². The van der Waals surface area contributed by atoms with Gasteiger partial charge in [-0.25, -0.2) is 0 Å². The molecule has 0 radical (unpaired) electrons. The van der Waals surface area contributed by atoms with Gasteiger partial charge in [-0.2, -0.15) is 13.2 Å². The molecule has 1 aliphatic carbocycles. The number of carbonyl (C=O) groups is 1. The second-order valence-corrected chi connectivity index (χ2v) is 5.59. The second kappa shape index (κ2) is 4.40. The molecule has 0 spiro atoms. The average Bonchev–Trinajstić information content (AvgIpc) is 2.99. The van der Waals surface area contributed by atoms with Crippen LogP contribution in [0.5, 0.6) is 0 Å². The van der Waals surface area contributed by atoms with Crippen molar-refractivity contribution in [3.8, 4) is 0 Å². The van der Waals surface area contributed by atoms with E-state index in [0.29, 0.717) is 12.5 Å². The molecule has 108 valence electrons. The van der Waals surface area contributed by atoms with Crippen LogP contribution in [0.4, 0.5) is 18.9 Å². The molecule has 6 heteroatoms. The molecule has 2 N–H and O–H groups in total. The van der Waals surface area contributed by atoms with Gasteiger partial charge in [0, 0.05) is 23.8 Å². The van der Waals surface area contributed by atoms with Gasteiger partial charge in [0.15, 0.2) is 0 Å². The van der Waals surface area contributed by atoms with Crippen LogP contribution in [0.3, 0.4) is 0 Å². The van der Waals surface area contributed by atoms with E-state index in [4.69, 9.17) is 5.73 Å². The van der Waals surface area contributed by atoms with Crippen molar-refractivity contribution >= 4 is 11.6 Å². The zero-order chi connectivity index (χ0) is 14.5. The van der Waals surface area contributed by atoms with E-state index in [9.17, 15) is 18.0 Å². The summed E-state index contributed by atoms with van der Waals surface area (Å²) in [6.45, 7) is 0.662. The van der Waals surface area contributed by atoms with Gasteiger partial charge in [0.1, 0.15) is 0 Å². The van der Waals surface area contributed by atoms with E-state index in [0.717, 1.165) is 31.4 Å². The average molecular weight is 284 g/mol. The predicted octanol–water partition coefficient (Wildman–Crippen LogP) is 2.91. The molecule has 1 heterocycles. The number of nitrogen functional groups attached to an aromatic ring is 1. The van der Waals surface area contributed by atoms with Crippen LogP contribution < -0.4 is 5.73 Å². The zero-order valence-corrected chi connectivity index (χ0v) is 10.8. The maximum Gasteiger partial charge on any atom is 0.418 e. The molecule has 2 aliphatic rings. The van der Waals surface area contributed by atoms with Gasteiger partial charge in [-0.1, -0.05) is 0 Å². The van der Waals surface area contributed by atoms with E-state index in [-0.39, 0.29) is 23.2 Å². The number of alkyl halides is 3. The van der Waals surface area contributed by atoms with Crippen LogP contribution >= 0.6 is 0 Å². The summed E-state index contributed by atoms with van der Waals surface area (Å²) < 4.78 is 38.4. The topological polar surface area (TPSA) is 46.3 Å². The number of rotatable bonds is 1. The quantitative estimate of drug-likeness (QED) is 0.806. The first-order chi connectivity index (χ1) is 9.36. The summed E-state index contributed by atoms with van der Waals surface area (Å²) in [4.78, 5) is 14.1. The molecule has 0 aromatic heterocycles. The van der Waals surface area contributed by atoms with Crippen molar-refractivity contribution in [2.45, 2.75) is 31.5 Å². The lowest BCUT2D eigenvalue weighted by Crippen LogP contribution is -2.37. The number of likely N-dealkylation sites (tertiary alicyclic amines) is 1. The summed E-state index contributed by atoms with van der Waals surface area (Å²) in [6.07, 6.45) is -1.49. The Morgan fingerprint density at radius 2 is 2.05 bits per heavy atom. The van der Waals surface area contributed by atoms with Crippen molar-refractivity contribution in [3.63, 3.8) is 0 Å². The Morgan fingerprint density at radius 3 is 2.60 bits per heavy atom. The molecule has 1 aliphatic heterocycles. The Bertz CT molecular complexity index is 556. The standard InChI is InChI=1S/C14H15F3N2O/c15-14(16,17)11-6-9(2-4-12(11)18)13(20)19-7-8-1-3-10(19)5-8/h2,4,6,8,10H,1,3,5,7,18H2. The van der Waals surface area contributed by atoms with E-state index in [1.165, 1.54) is 6.07 Å². The SMILES string of the molecule is Nc1ccc(C(=O)N2CC3CCC2C3)cc1C(F)(F)F. The van der Waals surface area contributed by atoms with E-state index in [1.54, 1.807) is 4.90 Å². The summed E-state index contributed by atoms with van der Waals surface area (Å²) in [5.74, 6) is 0.197. The van der Waals surface area contributed by atoms with E-state index in [2.05, 4.69) is 0 Å². The lowest BCUT2D eigenvalue weighted by Gasteiger charge is -2.27. The highest BCUT2D eigenvalue weighted by atomic mass is 19.4. The molecule has 1 aromatic rings. The van der Waals surface area contributed by atoms with Gasteiger partial charge in [0.25, 0.3) is 5.91 Å². The third kappa shape index (κ3) is 2.13. The summed E-state index contributed by atoms with van der Waals surface area (Å²) in [6, 6.07) is 3.59. The molecular formula is C14H15F3N2O. The number of nitrogens with two attached hydrogens (primary N) is 1. The van der Waals surface area contributed by atoms with Crippen LogP contribution in [0.1, 0.15) is 35.2 Å². The first kappa shape index (κ1) is 13.3. The van der Waals surface area contributed by atoms with Gasteiger partial charge in [-0.15, -0.1) is 0 Å². The van der Waals surface area contributed by atoms with E-state index >= 15 is 0 Å². The molecule has 2 fully saturated rings. The Balaban J connectivity index is 1.89. The third-order valence-corrected chi connectivity index (χ3v) is 4.28. The van der Waals surface area contributed by atoms with Crippen LogP contribution in [-0.4, -0.2) is 23.4 Å². The number of carbonyl (C=O) groups excluding carboxylic acids is 1. The molecule has 2 bridgehead atoms. The molecule has 2 unspecified atom stereocenters. The van der Waals surface area contributed by atoms with Crippen molar-refractivity contribution < 1.29 is 18.0 Å². The number of benzene rings is 1. The summed E-state index contributed by atoms with van der Waals surface area (Å²) >= 11 is 0. The van der Waals surface area contributed by atoms with Gasteiger partial charge < -0.3 is 10.6 Å². The number of amides is 1. The van der Waals surface area contributed by atoms with Crippen molar-refractivity contribution in [2.24, 2.45) is 5.92 Å². The first-order valence-corrected chi connectivity index (χ1v) is 6.64. The van der Waals surface area contributed by atoms with Gasteiger partial charge in [0.05, 0.1) is 5.56 Å². The number of fused-ring (bicyclic) bond motifs is 2. The normalized spacial score (nSPS) is 25.2. The number of piperidine rings is 1. The van der Waals surface area contributed by atoms with Crippen LogP contribution in [0.2, 0.25) is 0 Å². The highest BCUT2D eigenvalue weighted by Gasteiger charge is 2.41. The van der Waals surface area contributed by atoms with Gasteiger partial charge in [-0.05, 0) is 43.4 Å². The van der Waals surface area contributed by atoms with Gasteiger partial charge >= 0.3 is 6.18 Å². The number of anilines is 1.